The molecular weight excluding hydrogens is 204 g/mol. The first kappa shape index (κ1) is 10.9. The summed E-state index contributed by atoms with van der Waals surface area (Å²) in [7, 11) is 1.92. The molecule has 1 unspecified atom stereocenters. The molecule has 0 aliphatic carbocycles. The molecular formula is C11H16N4O. The van der Waals surface area contributed by atoms with Crippen LogP contribution in [0.4, 0.5) is 0 Å². The van der Waals surface area contributed by atoms with Crippen molar-refractivity contribution in [3.05, 3.63) is 35.0 Å². The molecule has 0 spiro atoms. The second-order valence-electron chi connectivity index (χ2n) is 3.94. The molecule has 5 nitrogen and oxygen atoms in total. The topological polar surface area (TPSA) is 51.3 Å². The van der Waals surface area contributed by atoms with E-state index in [2.05, 4.69) is 17.3 Å². The highest BCUT2D eigenvalue weighted by molar-refractivity contribution is 5.42. The van der Waals surface area contributed by atoms with Crippen LogP contribution < -0.4 is 10.9 Å². The van der Waals surface area contributed by atoms with Gasteiger partial charge in [-0.15, -0.1) is 0 Å². The van der Waals surface area contributed by atoms with E-state index in [-0.39, 0.29) is 5.56 Å². The molecule has 0 aliphatic rings. The lowest BCUT2D eigenvalue weighted by atomic mass is 10.2. The van der Waals surface area contributed by atoms with Gasteiger partial charge in [-0.05, 0) is 26.5 Å². The minimum Gasteiger partial charge on any atom is -0.317 e. The highest BCUT2D eigenvalue weighted by atomic mass is 16.1. The highest BCUT2D eigenvalue weighted by Crippen LogP contribution is 1.97. The molecule has 2 rings (SSSR count). The van der Waals surface area contributed by atoms with E-state index < -0.39 is 0 Å². The predicted molar refractivity (Wildman–Crippen MR) is 62.6 cm³/mol. The Labute approximate surface area is 93.7 Å². The van der Waals surface area contributed by atoms with Gasteiger partial charge in [-0.2, -0.15) is 5.10 Å². The number of rotatable bonds is 4. The van der Waals surface area contributed by atoms with Gasteiger partial charge in [0, 0.05) is 25.0 Å². The van der Waals surface area contributed by atoms with E-state index in [4.69, 9.17) is 0 Å². The Morgan fingerprint density at radius 2 is 2.31 bits per heavy atom. The van der Waals surface area contributed by atoms with Crippen LogP contribution in [0.1, 0.15) is 13.3 Å². The van der Waals surface area contributed by atoms with Gasteiger partial charge in [-0.1, -0.05) is 0 Å². The van der Waals surface area contributed by atoms with Gasteiger partial charge < -0.3 is 9.88 Å². The summed E-state index contributed by atoms with van der Waals surface area (Å²) in [6.45, 7) is 2.82. The van der Waals surface area contributed by atoms with E-state index in [0.717, 1.165) is 13.0 Å². The fraction of sp³-hybridized carbons (Fsp3) is 0.455. The van der Waals surface area contributed by atoms with Crippen molar-refractivity contribution in [2.75, 3.05) is 7.05 Å². The molecule has 5 heteroatoms. The van der Waals surface area contributed by atoms with Crippen LogP contribution >= 0.6 is 0 Å². The molecule has 86 valence electrons. The summed E-state index contributed by atoms with van der Waals surface area (Å²) in [5.41, 5.74) is 0.642. The normalized spacial score (nSPS) is 13.1. The van der Waals surface area contributed by atoms with Crippen molar-refractivity contribution in [2.45, 2.75) is 25.9 Å². The van der Waals surface area contributed by atoms with Crippen molar-refractivity contribution in [2.24, 2.45) is 0 Å². The first-order valence-corrected chi connectivity index (χ1v) is 5.42. The average molecular weight is 220 g/mol. The quantitative estimate of drug-likeness (QED) is 0.816. The lowest BCUT2D eigenvalue weighted by molar-refractivity contribution is 0.502. The first-order valence-electron chi connectivity index (χ1n) is 5.42. The number of hydrogen-bond donors (Lipinski definition) is 1. The smallest absolute Gasteiger partial charge is 0.276 e. The van der Waals surface area contributed by atoms with Crippen molar-refractivity contribution < 1.29 is 0 Å². The monoisotopic (exact) mass is 220 g/mol. The summed E-state index contributed by atoms with van der Waals surface area (Å²) in [5.74, 6) is 0. The summed E-state index contributed by atoms with van der Waals surface area (Å²) < 4.78 is 3.32. The number of aryl methyl sites for hydroxylation is 1. The zero-order valence-electron chi connectivity index (χ0n) is 9.55. The van der Waals surface area contributed by atoms with Crippen molar-refractivity contribution in [1.29, 1.82) is 0 Å². The third-order valence-electron chi connectivity index (χ3n) is 2.83. The maximum absolute atomic E-state index is 12.0. The number of nitrogens with zero attached hydrogens (tertiary/aromatic N) is 3. The fourth-order valence-electron chi connectivity index (χ4n) is 1.61. The van der Waals surface area contributed by atoms with Gasteiger partial charge in [0.25, 0.3) is 5.56 Å². The molecule has 0 radical (unpaired) electrons. The molecule has 0 aliphatic heterocycles. The summed E-state index contributed by atoms with van der Waals surface area (Å²) in [6, 6.07) is 2.15. The van der Waals surface area contributed by atoms with Crippen LogP contribution in [0, 0.1) is 0 Å². The molecule has 16 heavy (non-hydrogen) atoms. The van der Waals surface area contributed by atoms with E-state index in [9.17, 15) is 4.79 Å². The summed E-state index contributed by atoms with van der Waals surface area (Å²) in [5, 5.41) is 7.18. The number of hydrogen-bond acceptors (Lipinski definition) is 3. The summed E-state index contributed by atoms with van der Waals surface area (Å²) >= 11 is 0. The number of fused-ring (bicyclic) bond motifs is 1. The van der Waals surface area contributed by atoms with Crippen molar-refractivity contribution in [3.63, 3.8) is 0 Å². The van der Waals surface area contributed by atoms with Crippen LogP contribution in [0.2, 0.25) is 0 Å². The Bertz CT molecular complexity index is 528. The van der Waals surface area contributed by atoms with Crippen molar-refractivity contribution in [3.8, 4) is 0 Å². The number of nitrogens with one attached hydrogen (secondary N) is 1. The second kappa shape index (κ2) is 4.49. The molecule has 0 fully saturated rings. The van der Waals surface area contributed by atoms with Crippen LogP contribution in [0.15, 0.2) is 29.5 Å². The summed E-state index contributed by atoms with van der Waals surface area (Å²) in [6.07, 6.45) is 6.16. The molecule has 0 bridgehead atoms. The van der Waals surface area contributed by atoms with Gasteiger partial charge in [0.15, 0.2) is 0 Å². The van der Waals surface area contributed by atoms with Gasteiger partial charge in [-0.3, -0.25) is 4.79 Å². The predicted octanol–water partition coefficient (Wildman–Crippen LogP) is 0.494. The molecule has 1 atom stereocenters. The van der Waals surface area contributed by atoms with Crippen LogP contribution in [-0.2, 0) is 6.54 Å². The largest absolute Gasteiger partial charge is 0.317 e. The molecule has 1 N–H and O–H groups in total. The van der Waals surface area contributed by atoms with Crippen molar-refractivity contribution in [1.82, 2.24) is 19.5 Å². The van der Waals surface area contributed by atoms with Gasteiger partial charge >= 0.3 is 0 Å². The zero-order valence-corrected chi connectivity index (χ0v) is 9.55. The van der Waals surface area contributed by atoms with E-state index in [1.165, 1.54) is 0 Å². The summed E-state index contributed by atoms with van der Waals surface area (Å²) in [4.78, 5) is 12.0. The number of aromatic nitrogens is 3. The van der Waals surface area contributed by atoms with Gasteiger partial charge in [0.2, 0.25) is 0 Å². The van der Waals surface area contributed by atoms with Crippen LogP contribution in [0.25, 0.3) is 5.52 Å². The Morgan fingerprint density at radius 1 is 1.50 bits per heavy atom. The van der Waals surface area contributed by atoms with Gasteiger partial charge in [0.1, 0.15) is 5.52 Å². The third-order valence-corrected chi connectivity index (χ3v) is 2.83. The average Bonchev–Trinajstić information content (AvgIpc) is 2.76. The maximum Gasteiger partial charge on any atom is 0.276 e. The molecule has 2 aromatic rings. The molecule has 2 aromatic heterocycles. The first-order chi connectivity index (χ1) is 7.72. The van der Waals surface area contributed by atoms with Gasteiger partial charge in [-0.25, -0.2) is 4.52 Å². The molecule has 2 heterocycles. The highest BCUT2D eigenvalue weighted by Gasteiger charge is 2.04. The Kier molecular flexibility index (Phi) is 3.05. The molecule has 0 saturated heterocycles. The van der Waals surface area contributed by atoms with E-state index in [0.29, 0.717) is 11.6 Å². The van der Waals surface area contributed by atoms with E-state index in [1.54, 1.807) is 33.7 Å². The fourth-order valence-corrected chi connectivity index (χ4v) is 1.61. The minimum atomic E-state index is 0.0169. The van der Waals surface area contributed by atoms with Gasteiger partial charge in [0.05, 0.1) is 6.20 Å². The lowest BCUT2D eigenvalue weighted by Crippen LogP contribution is -2.27. The maximum atomic E-state index is 12.0. The third kappa shape index (κ3) is 1.99. The van der Waals surface area contributed by atoms with E-state index >= 15 is 0 Å². The zero-order chi connectivity index (χ0) is 11.5. The minimum absolute atomic E-state index is 0.0169. The molecule has 0 saturated carbocycles. The standard InChI is InChI=1S/C11H16N4O/c1-9(12-2)4-6-14-7-8-15-10(11(14)16)3-5-13-15/h3,5,7-9,12H,4,6H2,1-2H3. The van der Waals surface area contributed by atoms with Crippen LogP contribution in [0.3, 0.4) is 0 Å². The lowest BCUT2D eigenvalue weighted by Gasteiger charge is -2.11. The van der Waals surface area contributed by atoms with Crippen molar-refractivity contribution >= 4 is 5.52 Å². The molecule has 0 amide bonds. The second-order valence-corrected chi connectivity index (χ2v) is 3.94. The Hall–Kier alpha value is -1.62. The SMILES string of the molecule is CNC(C)CCn1ccn2nccc2c1=O. The molecule has 0 aromatic carbocycles. The van der Waals surface area contributed by atoms with E-state index in [1.807, 2.05) is 7.05 Å². The Morgan fingerprint density at radius 3 is 3.06 bits per heavy atom. The van der Waals surface area contributed by atoms with Crippen LogP contribution in [-0.4, -0.2) is 27.3 Å². The Balaban J connectivity index is 2.24. The van der Waals surface area contributed by atoms with Crippen LogP contribution in [0.5, 0.6) is 0 Å².